The molecule has 1 aromatic heterocycles. The lowest BCUT2D eigenvalue weighted by Crippen LogP contribution is -2.17. The number of carbonyl (C=O) groups excluding carboxylic acids is 1. The first-order valence-electron chi connectivity index (χ1n) is 5.87. The van der Waals surface area contributed by atoms with Crippen molar-refractivity contribution in [1.82, 2.24) is 10.3 Å². The molecule has 0 spiro atoms. The largest absolute Gasteiger partial charge is 0.355 e. The Labute approximate surface area is 107 Å². The van der Waals surface area contributed by atoms with Crippen molar-refractivity contribution in [3.8, 4) is 11.1 Å². The van der Waals surface area contributed by atoms with Gasteiger partial charge in [-0.2, -0.15) is 0 Å². The number of amides is 1. The first-order valence-corrected chi connectivity index (χ1v) is 5.87. The number of hydrogen-bond donors (Lipinski definition) is 1. The van der Waals surface area contributed by atoms with Gasteiger partial charge in [0.25, 0.3) is 5.91 Å². The second-order valence-electron chi connectivity index (χ2n) is 4.30. The zero-order valence-corrected chi connectivity index (χ0v) is 10.8. The molecule has 0 aliphatic carbocycles. The Kier molecular flexibility index (Phi) is 3.42. The van der Waals surface area contributed by atoms with E-state index in [4.69, 9.17) is 0 Å². The molecule has 0 fully saturated rings. The molecule has 2 rings (SSSR count). The standard InChI is InChI=1S/C15H16N2O/c1-10-8-14(11(2)17-9-10)12-4-6-13(7-5-12)15(18)16-3/h4-9H,1-3H3,(H,16,18). The summed E-state index contributed by atoms with van der Waals surface area (Å²) in [5.41, 5.74) is 4.98. The number of nitrogens with one attached hydrogen (secondary N) is 1. The number of rotatable bonds is 2. The van der Waals surface area contributed by atoms with Crippen LogP contribution in [0.15, 0.2) is 36.5 Å². The highest BCUT2D eigenvalue weighted by Gasteiger charge is 2.06. The fourth-order valence-electron chi connectivity index (χ4n) is 1.88. The molecule has 0 saturated carbocycles. The number of hydrogen-bond acceptors (Lipinski definition) is 2. The molecule has 0 bridgehead atoms. The molecule has 1 aromatic carbocycles. The van der Waals surface area contributed by atoms with E-state index < -0.39 is 0 Å². The van der Waals surface area contributed by atoms with Crippen molar-refractivity contribution in [2.45, 2.75) is 13.8 Å². The predicted octanol–water partition coefficient (Wildman–Crippen LogP) is 2.73. The van der Waals surface area contributed by atoms with Crippen LogP contribution in [0.5, 0.6) is 0 Å². The smallest absolute Gasteiger partial charge is 0.251 e. The van der Waals surface area contributed by atoms with Crippen LogP contribution in [0.25, 0.3) is 11.1 Å². The van der Waals surface area contributed by atoms with Crippen LogP contribution >= 0.6 is 0 Å². The Hall–Kier alpha value is -2.16. The minimum atomic E-state index is -0.0689. The van der Waals surface area contributed by atoms with Gasteiger partial charge in [0.2, 0.25) is 0 Å². The average molecular weight is 240 g/mol. The van der Waals surface area contributed by atoms with Gasteiger partial charge < -0.3 is 5.32 Å². The molecule has 0 atom stereocenters. The van der Waals surface area contributed by atoms with Gasteiger partial charge in [0, 0.05) is 30.1 Å². The van der Waals surface area contributed by atoms with E-state index >= 15 is 0 Å². The van der Waals surface area contributed by atoms with Gasteiger partial charge in [-0.1, -0.05) is 12.1 Å². The maximum absolute atomic E-state index is 11.5. The summed E-state index contributed by atoms with van der Waals surface area (Å²) in [4.78, 5) is 15.8. The molecule has 2 aromatic rings. The second kappa shape index (κ2) is 5.00. The highest BCUT2D eigenvalue weighted by atomic mass is 16.1. The third kappa shape index (κ3) is 2.40. The van der Waals surface area contributed by atoms with E-state index in [0.29, 0.717) is 5.56 Å². The van der Waals surface area contributed by atoms with Crippen molar-refractivity contribution < 1.29 is 4.79 Å². The first-order chi connectivity index (χ1) is 8.61. The lowest BCUT2D eigenvalue weighted by atomic mass is 10.0. The summed E-state index contributed by atoms with van der Waals surface area (Å²) in [6, 6.07) is 9.67. The molecule has 1 amide bonds. The van der Waals surface area contributed by atoms with Crippen molar-refractivity contribution in [1.29, 1.82) is 0 Å². The molecule has 0 saturated heterocycles. The molecule has 0 radical (unpaired) electrons. The van der Waals surface area contributed by atoms with Crippen molar-refractivity contribution in [2.75, 3.05) is 7.05 Å². The van der Waals surface area contributed by atoms with Crippen LogP contribution < -0.4 is 5.32 Å². The Balaban J connectivity index is 2.40. The summed E-state index contributed by atoms with van der Waals surface area (Å²) in [6.07, 6.45) is 1.86. The molecule has 3 heteroatoms. The molecule has 92 valence electrons. The summed E-state index contributed by atoms with van der Waals surface area (Å²) in [6.45, 7) is 4.01. The van der Waals surface area contributed by atoms with E-state index in [2.05, 4.69) is 16.4 Å². The van der Waals surface area contributed by atoms with Gasteiger partial charge in [-0.25, -0.2) is 0 Å². The Morgan fingerprint density at radius 3 is 2.44 bits per heavy atom. The van der Waals surface area contributed by atoms with Gasteiger partial charge in [0.15, 0.2) is 0 Å². The minimum absolute atomic E-state index is 0.0689. The monoisotopic (exact) mass is 240 g/mol. The van der Waals surface area contributed by atoms with Gasteiger partial charge >= 0.3 is 0 Å². The third-order valence-corrected chi connectivity index (χ3v) is 2.91. The molecule has 0 aliphatic rings. The van der Waals surface area contributed by atoms with Gasteiger partial charge in [0.1, 0.15) is 0 Å². The van der Waals surface area contributed by atoms with Gasteiger partial charge in [-0.15, -0.1) is 0 Å². The van der Waals surface area contributed by atoms with Crippen molar-refractivity contribution in [3.63, 3.8) is 0 Å². The number of aromatic nitrogens is 1. The van der Waals surface area contributed by atoms with Gasteiger partial charge in [-0.05, 0) is 43.2 Å². The summed E-state index contributed by atoms with van der Waals surface area (Å²) in [5.74, 6) is -0.0689. The van der Waals surface area contributed by atoms with Crippen molar-refractivity contribution >= 4 is 5.91 Å². The predicted molar refractivity (Wildman–Crippen MR) is 72.5 cm³/mol. The molecule has 1 heterocycles. The molecule has 0 aliphatic heterocycles. The quantitative estimate of drug-likeness (QED) is 0.877. The van der Waals surface area contributed by atoms with Crippen molar-refractivity contribution in [3.05, 3.63) is 53.3 Å². The topological polar surface area (TPSA) is 42.0 Å². The van der Waals surface area contributed by atoms with Crippen LogP contribution in [0.3, 0.4) is 0 Å². The Morgan fingerprint density at radius 1 is 1.17 bits per heavy atom. The number of carbonyl (C=O) groups is 1. The van der Waals surface area contributed by atoms with Crippen LogP contribution in [-0.4, -0.2) is 17.9 Å². The third-order valence-electron chi connectivity index (χ3n) is 2.91. The number of aryl methyl sites for hydroxylation is 2. The summed E-state index contributed by atoms with van der Waals surface area (Å²) < 4.78 is 0. The van der Waals surface area contributed by atoms with Crippen LogP contribution in [0.1, 0.15) is 21.6 Å². The summed E-state index contributed by atoms with van der Waals surface area (Å²) >= 11 is 0. The number of pyridine rings is 1. The number of nitrogens with zero attached hydrogens (tertiary/aromatic N) is 1. The lowest BCUT2D eigenvalue weighted by molar-refractivity contribution is 0.0963. The van der Waals surface area contributed by atoms with E-state index in [-0.39, 0.29) is 5.91 Å². The maximum Gasteiger partial charge on any atom is 0.251 e. The van der Waals surface area contributed by atoms with Crippen molar-refractivity contribution in [2.24, 2.45) is 0 Å². The SMILES string of the molecule is CNC(=O)c1ccc(-c2cc(C)cnc2C)cc1. The normalized spacial score (nSPS) is 10.2. The van der Waals surface area contributed by atoms with E-state index in [9.17, 15) is 4.79 Å². The lowest BCUT2D eigenvalue weighted by Gasteiger charge is -2.07. The molecular formula is C15H16N2O. The van der Waals surface area contributed by atoms with Gasteiger partial charge in [0.05, 0.1) is 0 Å². The highest BCUT2D eigenvalue weighted by Crippen LogP contribution is 2.23. The zero-order valence-electron chi connectivity index (χ0n) is 10.8. The first kappa shape index (κ1) is 12.3. The van der Waals surface area contributed by atoms with Gasteiger partial charge in [-0.3, -0.25) is 9.78 Å². The molecular weight excluding hydrogens is 224 g/mol. The van der Waals surface area contributed by atoms with E-state index in [1.165, 1.54) is 0 Å². The van der Waals surface area contributed by atoms with Crippen LogP contribution in [0.4, 0.5) is 0 Å². The van der Waals surface area contributed by atoms with E-state index in [1.807, 2.05) is 44.3 Å². The zero-order chi connectivity index (χ0) is 13.1. The van der Waals surface area contributed by atoms with E-state index in [0.717, 1.165) is 22.4 Å². The Morgan fingerprint density at radius 2 is 1.83 bits per heavy atom. The Bertz CT molecular complexity index is 574. The number of benzene rings is 1. The molecule has 3 nitrogen and oxygen atoms in total. The molecule has 1 N–H and O–H groups in total. The summed E-state index contributed by atoms with van der Waals surface area (Å²) in [5, 5.41) is 2.61. The van der Waals surface area contributed by atoms with Crippen LogP contribution in [-0.2, 0) is 0 Å². The second-order valence-corrected chi connectivity index (χ2v) is 4.30. The average Bonchev–Trinajstić information content (AvgIpc) is 2.41. The highest BCUT2D eigenvalue weighted by molar-refractivity contribution is 5.94. The van der Waals surface area contributed by atoms with Crippen LogP contribution in [0, 0.1) is 13.8 Å². The summed E-state index contributed by atoms with van der Waals surface area (Å²) in [7, 11) is 1.63. The fraction of sp³-hybridized carbons (Fsp3) is 0.200. The molecule has 18 heavy (non-hydrogen) atoms. The van der Waals surface area contributed by atoms with Crippen LogP contribution in [0.2, 0.25) is 0 Å². The fourth-order valence-corrected chi connectivity index (χ4v) is 1.88. The maximum atomic E-state index is 11.5. The minimum Gasteiger partial charge on any atom is -0.355 e. The molecule has 0 unspecified atom stereocenters. The van der Waals surface area contributed by atoms with E-state index in [1.54, 1.807) is 7.05 Å².